The van der Waals surface area contributed by atoms with Crippen molar-refractivity contribution in [2.24, 2.45) is 0 Å². The van der Waals surface area contributed by atoms with Crippen LogP contribution in [0.2, 0.25) is 0 Å². The van der Waals surface area contributed by atoms with Crippen LogP contribution in [0.3, 0.4) is 0 Å². The Kier molecular flexibility index (Phi) is 3.73. The third-order valence-electron chi connectivity index (χ3n) is 5.17. The van der Waals surface area contributed by atoms with Crippen molar-refractivity contribution in [1.82, 2.24) is 0 Å². The van der Waals surface area contributed by atoms with Crippen LogP contribution in [0.1, 0.15) is 36.1 Å². The summed E-state index contributed by atoms with van der Waals surface area (Å²) in [6.45, 7) is 4.49. The molecular formula is C23H19NO2. The summed E-state index contributed by atoms with van der Waals surface area (Å²) in [4.78, 5) is 10.7. The van der Waals surface area contributed by atoms with Gasteiger partial charge in [0.25, 0.3) is 5.69 Å². The van der Waals surface area contributed by atoms with E-state index in [0.717, 1.165) is 11.1 Å². The van der Waals surface area contributed by atoms with Gasteiger partial charge in [-0.15, -0.1) is 0 Å². The van der Waals surface area contributed by atoms with Gasteiger partial charge in [0, 0.05) is 17.5 Å². The number of allylic oxidation sites excluding steroid dienone is 1. The highest BCUT2D eigenvalue weighted by Crippen LogP contribution is 2.52. The van der Waals surface area contributed by atoms with E-state index < -0.39 is 0 Å². The van der Waals surface area contributed by atoms with Crippen LogP contribution in [0.4, 0.5) is 5.69 Å². The zero-order chi connectivity index (χ0) is 18.3. The molecule has 0 aromatic heterocycles. The Balaban J connectivity index is 2.01. The van der Waals surface area contributed by atoms with Gasteiger partial charge in [-0.1, -0.05) is 68.4 Å². The largest absolute Gasteiger partial charge is 0.269 e. The van der Waals surface area contributed by atoms with Crippen molar-refractivity contribution >= 4 is 16.8 Å². The van der Waals surface area contributed by atoms with Gasteiger partial charge in [0.1, 0.15) is 0 Å². The molecule has 4 rings (SSSR count). The average molecular weight is 341 g/mol. The predicted molar refractivity (Wildman–Crippen MR) is 105 cm³/mol. The minimum absolute atomic E-state index is 0.112. The Morgan fingerprint density at radius 1 is 0.769 bits per heavy atom. The van der Waals surface area contributed by atoms with E-state index in [2.05, 4.69) is 56.3 Å². The summed E-state index contributed by atoms with van der Waals surface area (Å²) in [6.07, 6.45) is 0. The third-order valence-corrected chi connectivity index (χ3v) is 5.17. The Bertz CT molecular complexity index is 1020. The number of rotatable bonds is 3. The molecule has 1 aliphatic carbocycles. The summed E-state index contributed by atoms with van der Waals surface area (Å²) >= 11 is 0. The van der Waals surface area contributed by atoms with Crippen molar-refractivity contribution in [2.75, 3.05) is 0 Å². The second-order valence-corrected chi connectivity index (χ2v) is 7.09. The number of nitro groups is 1. The molecule has 0 aliphatic heterocycles. The monoisotopic (exact) mass is 341 g/mol. The number of benzene rings is 3. The number of hydrogen-bond acceptors (Lipinski definition) is 2. The van der Waals surface area contributed by atoms with Gasteiger partial charge in [-0.25, -0.2) is 0 Å². The molecule has 0 spiro atoms. The predicted octanol–water partition coefficient (Wildman–Crippen LogP) is 5.85. The van der Waals surface area contributed by atoms with Crippen LogP contribution in [-0.4, -0.2) is 4.92 Å². The quantitative estimate of drug-likeness (QED) is 0.443. The van der Waals surface area contributed by atoms with Crippen LogP contribution in [0, 0.1) is 10.1 Å². The van der Waals surface area contributed by atoms with E-state index in [-0.39, 0.29) is 16.0 Å². The third kappa shape index (κ3) is 2.44. The molecule has 0 unspecified atom stereocenters. The highest BCUT2D eigenvalue weighted by molar-refractivity contribution is 6.07. The number of fused-ring (bicyclic) bond motifs is 1. The summed E-state index contributed by atoms with van der Waals surface area (Å²) in [5, 5.41) is 11.0. The van der Waals surface area contributed by atoms with Gasteiger partial charge in [0.05, 0.1) is 4.92 Å². The lowest BCUT2D eigenvalue weighted by molar-refractivity contribution is -0.384. The van der Waals surface area contributed by atoms with E-state index in [1.807, 2.05) is 24.3 Å². The molecule has 3 aromatic carbocycles. The number of hydrogen-bond donors (Lipinski definition) is 0. The molecule has 0 saturated heterocycles. The van der Waals surface area contributed by atoms with Crippen LogP contribution in [0.15, 0.2) is 78.9 Å². The summed E-state index contributed by atoms with van der Waals surface area (Å²) < 4.78 is 0. The van der Waals surface area contributed by atoms with Crippen molar-refractivity contribution < 1.29 is 4.92 Å². The van der Waals surface area contributed by atoms with Gasteiger partial charge in [-0.3, -0.25) is 10.1 Å². The van der Waals surface area contributed by atoms with Crippen molar-refractivity contribution in [3.8, 4) is 0 Å². The van der Waals surface area contributed by atoms with E-state index in [4.69, 9.17) is 0 Å². The van der Waals surface area contributed by atoms with Gasteiger partial charge < -0.3 is 0 Å². The van der Waals surface area contributed by atoms with E-state index in [1.54, 1.807) is 12.1 Å². The fourth-order valence-corrected chi connectivity index (χ4v) is 3.99. The lowest BCUT2D eigenvalue weighted by Gasteiger charge is -2.25. The number of non-ortho nitro benzene ring substituents is 1. The Labute approximate surface area is 152 Å². The first-order chi connectivity index (χ1) is 12.5. The van der Waals surface area contributed by atoms with Gasteiger partial charge in [0.15, 0.2) is 0 Å². The molecule has 1 aliphatic rings. The SMILES string of the molecule is CC1(C)C(c2ccccc2)=C(c2ccc([N+](=O)[O-])cc2)c2ccccc21. The molecule has 26 heavy (non-hydrogen) atoms. The zero-order valence-electron chi connectivity index (χ0n) is 14.8. The molecule has 0 fully saturated rings. The Morgan fingerprint density at radius 3 is 2.04 bits per heavy atom. The molecular weight excluding hydrogens is 322 g/mol. The minimum atomic E-state index is -0.358. The molecule has 0 saturated carbocycles. The molecule has 0 radical (unpaired) electrons. The number of nitrogens with zero attached hydrogens (tertiary/aromatic N) is 1. The Morgan fingerprint density at radius 2 is 1.38 bits per heavy atom. The van der Waals surface area contributed by atoms with Crippen molar-refractivity contribution in [3.63, 3.8) is 0 Å². The highest BCUT2D eigenvalue weighted by Gasteiger charge is 2.38. The van der Waals surface area contributed by atoms with Crippen LogP contribution in [-0.2, 0) is 5.41 Å². The summed E-state index contributed by atoms with van der Waals surface area (Å²) in [7, 11) is 0. The summed E-state index contributed by atoms with van der Waals surface area (Å²) in [6, 6.07) is 25.7. The molecule has 3 nitrogen and oxygen atoms in total. The van der Waals surface area contributed by atoms with E-state index in [9.17, 15) is 10.1 Å². The topological polar surface area (TPSA) is 43.1 Å². The molecule has 128 valence electrons. The van der Waals surface area contributed by atoms with Gasteiger partial charge in [-0.05, 0) is 45.5 Å². The summed E-state index contributed by atoms with van der Waals surface area (Å²) in [5.74, 6) is 0. The first-order valence-electron chi connectivity index (χ1n) is 8.65. The molecule has 0 atom stereocenters. The highest BCUT2D eigenvalue weighted by atomic mass is 16.6. The first kappa shape index (κ1) is 16.3. The smallest absolute Gasteiger partial charge is 0.258 e. The van der Waals surface area contributed by atoms with Crippen molar-refractivity contribution in [2.45, 2.75) is 19.3 Å². The maximum Gasteiger partial charge on any atom is 0.269 e. The maximum absolute atomic E-state index is 11.0. The molecule has 3 aromatic rings. The number of nitro benzene ring substituents is 1. The standard InChI is InChI=1S/C23H19NO2/c1-23(2)20-11-7-6-10-19(20)21(22(23)17-8-4-3-5-9-17)16-12-14-18(15-13-16)24(25)26/h3-15H,1-2H3. The molecule has 3 heteroatoms. The minimum Gasteiger partial charge on any atom is -0.258 e. The normalized spacial score (nSPS) is 15.0. The average Bonchev–Trinajstić information content (AvgIpc) is 2.90. The fourth-order valence-electron chi connectivity index (χ4n) is 3.99. The second-order valence-electron chi connectivity index (χ2n) is 7.09. The maximum atomic E-state index is 11.0. The van der Waals surface area contributed by atoms with E-state index in [1.165, 1.54) is 22.3 Å². The molecule has 0 N–H and O–H groups in total. The van der Waals surface area contributed by atoms with E-state index in [0.29, 0.717) is 0 Å². The zero-order valence-corrected chi connectivity index (χ0v) is 14.8. The van der Waals surface area contributed by atoms with Gasteiger partial charge in [0.2, 0.25) is 0 Å². The van der Waals surface area contributed by atoms with Gasteiger partial charge in [-0.2, -0.15) is 0 Å². The first-order valence-corrected chi connectivity index (χ1v) is 8.65. The van der Waals surface area contributed by atoms with Gasteiger partial charge >= 0.3 is 0 Å². The van der Waals surface area contributed by atoms with Crippen LogP contribution < -0.4 is 0 Å². The lowest BCUT2D eigenvalue weighted by atomic mass is 9.78. The van der Waals surface area contributed by atoms with Crippen molar-refractivity contribution in [3.05, 3.63) is 111 Å². The molecule has 0 amide bonds. The molecule has 0 bridgehead atoms. The Hall–Kier alpha value is -3.20. The van der Waals surface area contributed by atoms with Crippen LogP contribution in [0.5, 0.6) is 0 Å². The van der Waals surface area contributed by atoms with Crippen LogP contribution >= 0.6 is 0 Å². The second kappa shape index (κ2) is 5.95. The lowest BCUT2D eigenvalue weighted by Crippen LogP contribution is -2.16. The fraction of sp³-hybridized carbons (Fsp3) is 0.130. The van der Waals surface area contributed by atoms with Crippen molar-refractivity contribution in [1.29, 1.82) is 0 Å². The van der Waals surface area contributed by atoms with Crippen LogP contribution in [0.25, 0.3) is 11.1 Å². The summed E-state index contributed by atoms with van der Waals surface area (Å²) in [5.41, 5.74) is 7.06. The van der Waals surface area contributed by atoms with E-state index >= 15 is 0 Å². The molecule has 0 heterocycles.